The summed E-state index contributed by atoms with van der Waals surface area (Å²) in [4.78, 5) is 0. The fourth-order valence-electron chi connectivity index (χ4n) is 2.44. The van der Waals surface area contributed by atoms with Crippen LogP contribution in [0.2, 0.25) is 5.02 Å². The number of hydrogen-bond donors (Lipinski definition) is 1. The van der Waals surface area contributed by atoms with Gasteiger partial charge in [-0.15, -0.1) is 0 Å². The van der Waals surface area contributed by atoms with Crippen molar-refractivity contribution in [3.8, 4) is 0 Å². The number of aliphatic hydroxyl groups excluding tert-OH is 1. The summed E-state index contributed by atoms with van der Waals surface area (Å²) in [6.07, 6.45) is -0.427. The zero-order valence-electron chi connectivity index (χ0n) is 11.3. The van der Waals surface area contributed by atoms with E-state index in [1.807, 2.05) is 42.5 Å². The fraction of sp³-hybridized carbons (Fsp3) is 0.111. The van der Waals surface area contributed by atoms with E-state index in [1.165, 1.54) is 18.2 Å². The molecule has 0 heterocycles. The molecule has 0 aliphatic rings. The average Bonchev–Trinajstić information content (AvgIpc) is 2.50. The van der Waals surface area contributed by atoms with Crippen LogP contribution in [-0.2, 0) is 6.42 Å². The average molecular weight is 301 g/mol. The van der Waals surface area contributed by atoms with Gasteiger partial charge in [-0.1, -0.05) is 48.0 Å². The molecule has 3 aromatic rings. The summed E-state index contributed by atoms with van der Waals surface area (Å²) in [6, 6.07) is 18.0. The number of aliphatic hydroxyl groups is 1. The van der Waals surface area contributed by atoms with Crippen LogP contribution in [0.4, 0.5) is 4.39 Å². The first-order chi connectivity index (χ1) is 10.1. The smallest absolute Gasteiger partial charge is 0.123 e. The van der Waals surface area contributed by atoms with E-state index >= 15 is 0 Å². The second kappa shape index (κ2) is 5.84. The molecule has 3 rings (SSSR count). The van der Waals surface area contributed by atoms with Crippen molar-refractivity contribution in [2.24, 2.45) is 0 Å². The third kappa shape index (κ3) is 3.07. The van der Waals surface area contributed by atoms with Crippen LogP contribution < -0.4 is 0 Å². The predicted molar refractivity (Wildman–Crippen MR) is 84.0 cm³/mol. The van der Waals surface area contributed by atoms with E-state index in [-0.39, 0.29) is 12.2 Å². The number of fused-ring (bicyclic) bond motifs is 1. The normalized spacial score (nSPS) is 12.5. The molecule has 0 radical (unpaired) electrons. The largest absolute Gasteiger partial charge is 0.388 e. The Hall–Kier alpha value is -1.90. The van der Waals surface area contributed by atoms with Gasteiger partial charge in [0, 0.05) is 11.4 Å². The van der Waals surface area contributed by atoms with Gasteiger partial charge in [0.25, 0.3) is 0 Å². The maximum Gasteiger partial charge on any atom is 0.123 e. The Bertz CT molecular complexity index is 785. The molecule has 106 valence electrons. The molecule has 3 aromatic carbocycles. The molecule has 1 nitrogen and oxygen atoms in total. The number of hydrogen-bond acceptors (Lipinski definition) is 1. The van der Waals surface area contributed by atoms with Gasteiger partial charge in [0.15, 0.2) is 0 Å². The summed E-state index contributed by atoms with van der Waals surface area (Å²) >= 11 is 6.05. The van der Waals surface area contributed by atoms with Gasteiger partial charge in [0.05, 0.1) is 6.10 Å². The molecule has 0 bridgehead atoms. The van der Waals surface area contributed by atoms with Crippen LogP contribution in [0, 0.1) is 5.82 Å². The van der Waals surface area contributed by atoms with Gasteiger partial charge >= 0.3 is 0 Å². The first-order valence-corrected chi connectivity index (χ1v) is 7.12. The molecule has 1 unspecified atom stereocenters. The lowest BCUT2D eigenvalue weighted by Gasteiger charge is -2.13. The Morgan fingerprint density at radius 3 is 2.52 bits per heavy atom. The van der Waals surface area contributed by atoms with E-state index in [4.69, 9.17) is 11.6 Å². The Morgan fingerprint density at radius 2 is 1.71 bits per heavy atom. The molecule has 0 fully saturated rings. The van der Waals surface area contributed by atoms with Gasteiger partial charge in [0.1, 0.15) is 5.82 Å². The van der Waals surface area contributed by atoms with Crippen LogP contribution in [0.15, 0.2) is 60.7 Å². The number of rotatable bonds is 3. The van der Waals surface area contributed by atoms with Crippen molar-refractivity contribution in [3.05, 3.63) is 82.6 Å². The molecule has 1 N–H and O–H groups in total. The third-order valence-corrected chi connectivity index (χ3v) is 3.95. The first-order valence-electron chi connectivity index (χ1n) is 6.74. The van der Waals surface area contributed by atoms with Gasteiger partial charge in [-0.3, -0.25) is 0 Å². The summed E-state index contributed by atoms with van der Waals surface area (Å²) in [5.74, 6) is -0.347. The molecule has 0 amide bonds. The highest BCUT2D eigenvalue weighted by atomic mass is 35.5. The zero-order chi connectivity index (χ0) is 14.8. The van der Waals surface area contributed by atoms with E-state index in [2.05, 4.69) is 0 Å². The summed E-state index contributed by atoms with van der Waals surface area (Å²) < 4.78 is 13.3. The van der Waals surface area contributed by atoms with E-state index in [0.29, 0.717) is 10.6 Å². The Labute approximate surface area is 127 Å². The minimum atomic E-state index is -0.714. The highest BCUT2D eigenvalue weighted by molar-refractivity contribution is 6.31. The monoisotopic (exact) mass is 300 g/mol. The molecule has 0 aliphatic carbocycles. The molecular weight excluding hydrogens is 287 g/mol. The lowest BCUT2D eigenvalue weighted by molar-refractivity contribution is 0.178. The maximum atomic E-state index is 13.3. The van der Waals surface area contributed by atoms with Crippen molar-refractivity contribution in [2.45, 2.75) is 12.5 Å². The van der Waals surface area contributed by atoms with E-state index in [0.717, 1.165) is 16.3 Å². The van der Waals surface area contributed by atoms with E-state index in [9.17, 15) is 9.50 Å². The van der Waals surface area contributed by atoms with Crippen LogP contribution in [0.3, 0.4) is 0 Å². The van der Waals surface area contributed by atoms with Crippen molar-refractivity contribution in [3.63, 3.8) is 0 Å². The molecule has 1 atom stereocenters. The standard InChI is InChI=1S/C18H14ClFO/c19-17-8-7-16(20)10-15(17)11-18(21)14-6-5-12-3-1-2-4-13(12)9-14/h1-10,18,21H,11H2. The van der Waals surface area contributed by atoms with Crippen LogP contribution in [-0.4, -0.2) is 5.11 Å². The topological polar surface area (TPSA) is 20.2 Å². The molecule has 3 heteroatoms. The van der Waals surface area contributed by atoms with E-state index < -0.39 is 6.10 Å². The second-order valence-corrected chi connectivity index (χ2v) is 5.47. The minimum absolute atomic E-state index is 0.287. The van der Waals surface area contributed by atoms with Crippen molar-refractivity contribution >= 4 is 22.4 Å². The lowest BCUT2D eigenvalue weighted by atomic mass is 9.98. The van der Waals surface area contributed by atoms with Crippen molar-refractivity contribution in [2.75, 3.05) is 0 Å². The fourth-order valence-corrected chi connectivity index (χ4v) is 2.64. The third-order valence-electron chi connectivity index (χ3n) is 3.58. The lowest BCUT2D eigenvalue weighted by Crippen LogP contribution is -2.02. The zero-order valence-corrected chi connectivity index (χ0v) is 12.0. The van der Waals surface area contributed by atoms with Crippen LogP contribution >= 0.6 is 11.6 Å². The second-order valence-electron chi connectivity index (χ2n) is 5.06. The van der Waals surface area contributed by atoms with Gasteiger partial charge in [-0.05, 0) is 46.2 Å². The summed E-state index contributed by atoms with van der Waals surface area (Å²) in [6.45, 7) is 0. The Kier molecular flexibility index (Phi) is 3.91. The van der Waals surface area contributed by atoms with Gasteiger partial charge in [0.2, 0.25) is 0 Å². The minimum Gasteiger partial charge on any atom is -0.388 e. The summed E-state index contributed by atoms with van der Waals surface area (Å²) in [5.41, 5.74) is 1.41. The summed E-state index contributed by atoms with van der Waals surface area (Å²) in [5, 5.41) is 13.0. The van der Waals surface area contributed by atoms with Crippen molar-refractivity contribution in [1.29, 1.82) is 0 Å². The van der Waals surface area contributed by atoms with Crippen LogP contribution in [0.5, 0.6) is 0 Å². The molecule has 0 aromatic heterocycles. The van der Waals surface area contributed by atoms with Crippen molar-refractivity contribution < 1.29 is 9.50 Å². The van der Waals surface area contributed by atoms with Crippen LogP contribution in [0.1, 0.15) is 17.2 Å². The van der Waals surface area contributed by atoms with Crippen molar-refractivity contribution in [1.82, 2.24) is 0 Å². The maximum absolute atomic E-state index is 13.3. The molecule has 0 aliphatic heterocycles. The Morgan fingerprint density at radius 1 is 0.952 bits per heavy atom. The highest BCUT2D eigenvalue weighted by Crippen LogP contribution is 2.26. The Balaban J connectivity index is 1.89. The molecule has 21 heavy (non-hydrogen) atoms. The van der Waals surface area contributed by atoms with Gasteiger partial charge in [-0.2, -0.15) is 0 Å². The molecule has 0 saturated carbocycles. The number of halogens is 2. The van der Waals surface area contributed by atoms with Crippen LogP contribution in [0.25, 0.3) is 10.8 Å². The van der Waals surface area contributed by atoms with Gasteiger partial charge in [-0.25, -0.2) is 4.39 Å². The van der Waals surface area contributed by atoms with E-state index in [1.54, 1.807) is 0 Å². The molecular formula is C18H14ClFO. The number of benzene rings is 3. The SMILES string of the molecule is OC(Cc1cc(F)ccc1Cl)c1ccc2ccccc2c1. The molecule has 0 spiro atoms. The molecule has 0 saturated heterocycles. The summed E-state index contributed by atoms with van der Waals surface area (Å²) in [7, 11) is 0. The van der Waals surface area contributed by atoms with Gasteiger partial charge < -0.3 is 5.11 Å². The quantitative estimate of drug-likeness (QED) is 0.729. The highest BCUT2D eigenvalue weighted by Gasteiger charge is 2.12. The predicted octanol–water partition coefficient (Wildman–Crippen LogP) is 4.91. The first kappa shape index (κ1) is 14.1.